The monoisotopic (exact) mass is 353 g/mol. The molecule has 0 saturated heterocycles. The van der Waals surface area contributed by atoms with Crippen molar-refractivity contribution in [3.8, 4) is 5.75 Å². The number of carbonyl (C=O) groups is 1. The Labute approximate surface area is 141 Å². The van der Waals surface area contributed by atoms with Gasteiger partial charge in [0.25, 0.3) is 0 Å². The SMILES string of the molecule is O=C(/C=C(\NCc1ccccc1)C(F)(F)C(F)F)c1ccccc1O. The lowest BCUT2D eigenvalue weighted by atomic mass is 10.1. The van der Waals surface area contributed by atoms with Crippen molar-refractivity contribution in [3.05, 3.63) is 77.5 Å². The van der Waals surface area contributed by atoms with Crippen LogP contribution < -0.4 is 5.32 Å². The Balaban J connectivity index is 2.31. The lowest BCUT2D eigenvalue weighted by molar-refractivity contribution is -0.103. The molecule has 0 saturated carbocycles. The van der Waals surface area contributed by atoms with E-state index in [-0.39, 0.29) is 12.1 Å². The van der Waals surface area contributed by atoms with Crippen LogP contribution in [-0.4, -0.2) is 23.2 Å². The highest BCUT2D eigenvalue weighted by molar-refractivity contribution is 6.06. The highest BCUT2D eigenvalue weighted by atomic mass is 19.3. The normalized spacial score (nSPS) is 12.3. The highest BCUT2D eigenvalue weighted by Crippen LogP contribution is 2.30. The Kier molecular flexibility index (Phi) is 5.80. The number of alkyl halides is 4. The van der Waals surface area contributed by atoms with Crippen molar-refractivity contribution in [2.24, 2.45) is 0 Å². The van der Waals surface area contributed by atoms with Crippen molar-refractivity contribution in [2.75, 3.05) is 0 Å². The van der Waals surface area contributed by atoms with E-state index in [1.165, 1.54) is 24.3 Å². The number of para-hydroxylation sites is 1. The molecular formula is C18H15F4NO2. The first-order valence-corrected chi connectivity index (χ1v) is 7.30. The first kappa shape index (κ1) is 18.5. The minimum atomic E-state index is -4.53. The van der Waals surface area contributed by atoms with Crippen molar-refractivity contribution >= 4 is 5.78 Å². The third kappa shape index (κ3) is 4.59. The van der Waals surface area contributed by atoms with Crippen molar-refractivity contribution in [3.63, 3.8) is 0 Å². The van der Waals surface area contributed by atoms with Gasteiger partial charge in [0.15, 0.2) is 5.78 Å². The molecule has 132 valence electrons. The molecule has 0 atom stereocenters. The fraction of sp³-hybridized carbons (Fsp3) is 0.167. The van der Waals surface area contributed by atoms with Gasteiger partial charge in [0.1, 0.15) is 5.75 Å². The molecule has 7 heteroatoms. The molecule has 2 N–H and O–H groups in total. The van der Waals surface area contributed by atoms with Crippen LogP contribution >= 0.6 is 0 Å². The Morgan fingerprint density at radius 2 is 1.68 bits per heavy atom. The number of nitrogens with one attached hydrogen (secondary N) is 1. The van der Waals surface area contributed by atoms with Gasteiger partial charge in [-0.05, 0) is 17.7 Å². The Hall–Kier alpha value is -2.83. The molecule has 0 unspecified atom stereocenters. The lowest BCUT2D eigenvalue weighted by Gasteiger charge is -2.20. The Morgan fingerprint density at radius 1 is 1.08 bits per heavy atom. The molecule has 0 bridgehead atoms. The molecule has 0 aromatic heterocycles. The number of benzene rings is 2. The van der Waals surface area contributed by atoms with Gasteiger partial charge in [-0.3, -0.25) is 4.79 Å². The van der Waals surface area contributed by atoms with E-state index in [0.717, 1.165) is 0 Å². The maximum atomic E-state index is 13.8. The third-order valence-corrected chi connectivity index (χ3v) is 3.40. The van der Waals surface area contributed by atoms with Crippen LogP contribution in [0.25, 0.3) is 0 Å². The molecule has 0 radical (unpaired) electrons. The number of phenolic OH excluding ortho intramolecular Hbond substituents is 1. The van der Waals surface area contributed by atoms with E-state index in [0.29, 0.717) is 11.6 Å². The minimum absolute atomic E-state index is 0.164. The number of rotatable bonds is 7. The molecular weight excluding hydrogens is 338 g/mol. The molecule has 2 aromatic rings. The zero-order valence-corrected chi connectivity index (χ0v) is 12.9. The van der Waals surface area contributed by atoms with Crippen molar-refractivity contribution < 1.29 is 27.5 Å². The third-order valence-electron chi connectivity index (χ3n) is 3.40. The van der Waals surface area contributed by atoms with Gasteiger partial charge in [-0.2, -0.15) is 8.78 Å². The van der Waals surface area contributed by atoms with E-state index in [1.807, 2.05) is 0 Å². The molecule has 25 heavy (non-hydrogen) atoms. The fourth-order valence-electron chi connectivity index (χ4n) is 2.07. The Morgan fingerprint density at radius 3 is 2.28 bits per heavy atom. The number of carbonyl (C=O) groups excluding carboxylic acids is 1. The summed E-state index contributed by atoms with van der Waals surface area (Å²) in [5.41, 5.74) is -0.889. The van der Waals surface area contributed by atoms with E-state index < -0.39 is 29.6 Å². The maximum absolute atomic E-state index is 13.8. The fourth-order valence-corrected chi connectivity index (χ4v) is 2.07. The summed E-state index contributed by atoms with van der Waals surface area (Å²) in [6, 6.07) is 13.6. The van der Waals surface area contributed by atoms with Crippen LogP contribution in [0.2, 0.25) is 0 Å². The van der Waals surface area contributed by atoms with Crippen LogP contribution in [0.4, 0.5) is 17.6 Å². The zero-order chi connectivity index (χ0) is 18.4. The van der Waals surface area contributed by atoms with Crippen LogP contribution in [0.1, 0.15) is 15.9 Å². The summed E-state index contributed by atoms with van der Waals surface area (Å²) in [5.74, 6) is -5.96. The summed E-state index contributed by atoms with van der Waals surface area (Å²) in [6.45, 7) is -0.164. The summed E-state index contributed by atoms with van der Waals surface area (Å²) < 4.78 is 53.0. The van der Waals surface area contributed by atoms with Crippen molar-refractivity contribution in [1.82, 2.24) is 5.32 Å². The predicted molar refractivity (Wildman–Crippen MR) is 84.8 cm³/mol. The quantitative estimate of drug-likeness (QED) is 0.447. The minimum Gasteiger partial charge on any atom is -0.507 e. The van der Waals surface area contributed by atoms with Crippen molar-refractivity contribution in [2.45, 2.75) is 18.9 Å². The average molecular weight is 353 g/mol. The van der Waals surface area contributed by atoms with Gasteiger partial charge in [0, 0.05) is 12.6 Å². The lowest BCUT2D eigenvalue weighted by Crippen LogP contribution is -2.37. The van der Waals surface area contributed by atoms with Crippen LogP contribution in [0, 0.1) is 0 Å². The van der Waals surface area contributed by atoms with Gasteiger partial charge >= 0.3 is 12.3 Å². The summed E-state index contributed by atoms with van der Waals surface area (Å²) >= 11 is 0. The second-order valence-electron chi connectivity index (χ2n) is 5.20. The summed E-state index contributed by atoms with van der Waals surface area (Å²) in [4.78, 5) is 12.1. The molecule has 2 aromatic carbocycles. The largest absolute Gasteiger partial charge is 0.507 e. The number of hydrogen-bond acceptors (Lipinski definition) is 3. The van der Waals surface area contributed by atoms with Crippen LogP contribution in [0.5, 0.6) is 5.75 Å². The molecule has 0 aliphatic heterocycles. The molecule has 0 heterocycles. The molecule has 0 fully saturated rings. The van der Waals surface area contributed by atoms with Crippen LogP contribution in [0.15, 0.2) is 66.4 Å². The number of ketones is 1. The zero-order valence-electron chi connectivity index (χ0n) is 12.9. The summed E-state index contributed by atoms with van der Waals surface area (Å²) in [7, 11) is 0. The highest BCUT2D eigenvalue weighted by Gasteiger charge is 2.45. The predicted octanol–water partition coefficient (Wildman–Crippen LogP) is 4.15. The number of phenols is 1. The van der Waals surface area contributed by atoms with E-state index in [4.69, 9.17) is 0 Å². The molecule has 2 rings (SSSR count). The summed E-state index contributed by atoms with van der Waals surface area (Å²) in [5, 5.41) is 11.8. The van der Waals surface area contributed by atoms with Gasteiger partial charge in [-0.1, -0.05) is 42.5 Å². The maximum Gasteiger partial charge on any atom is 0.346 e. The van der Waals surface area contributed by atoms with E-state index in [9.17, 15) is 27.5 Å². The van der Waals surface area contributed by atoms with Crippen LogP contribution in [-0.2, 0) is 6.54 Å². The van der Waals surface area contributed by atoms with E-state index in [2.05, 4.69) is 5.32 Å². The van der Waals surface area contributed by atoms with Gasteiger partial charge in [-0.25, -0.2) is 8.78 Å². The Bertz CT molecular complexity index is 761. The number of aromatic hydroxyl groups is 1. The van der Waals surface area contributed by atoms with Crippen LogP contribution in [0.3, 0.4) is 0 Å². The van der Waals surface area contributed by atoms with Gasteiger partial charge in [0.2, 0.25) is 0 Å². The first-order chi connectivity index (χ1) is 11.8. The van der Waals surface area contributed by atoms with Gasteiger partial charge < -0.3 is 10.4 Å². The standard InChI is InChI=1S/C18H15F4NO2/c19-17(20)18(21,22)16(23-11-12-6-2-1-3-7-12)10-15(25)13-8-4-5-9-14(13)24/h1-10,17,23-24H,11H2/b16-10-. The second-order valence-corrected chi connectivity index (χ2v) is 5.20. The van der Waals surface area contributed by atoms with Gasteiger partial charge in [0.05, 0.1) is 11.3 Å². The molecule has 3 nitrogen and oxygen atoms in total. The van der Waals surface area contributed by atoms with E-state index in [1.54, 1.807) is 30.3 Å². The first-order valence-electron chi connectivity index (χ1n) is 7.30. The van der Waals surface area contributed by atoms with E-state index >= 15 is 0 Å². The number of allylic oxidation sites excluding steroid dienone is 2. The summed E-state index contributed by atoms with van der Waals surface area (Å²) in [6.07, 6.45) is -3.59. The van der Waals surface area contributed by atoms with Gasteiger partial charge in [-0.15, -0.1) is 0 Å². The molecule has 0 aliphatic carbocycles. The topological polar surface area (TPSA) is 49.3 Å². The molecule has 0 spiro atoms. The second kappa shape index (κ2) is 7.83. The number of hydrogen-bond donors (Lipinski definition) is 2. The average Bonchev–Trinajstić information content (AvgIpc) is 2.59. The number of halogens is 4. The molecule has 0 aliphatic rings. The molecule has 0 amide bonds. The van der Waals surface area contributed by atoms with Crippen molar-refractivity contribution in [1.29, 1.82) is 0 Å². The smallest absolute Gasteiger partial charge is 0.346 e.